The van der Waals surface area contributed by atoms with Gasteiger partial charge in [0.1, 0.15) is 0 Å². The number of amides is 1. The largest absolute Gasteiger partial charge is 0.464 e. The van der Waals surface area contributed by atoms with Crippen molar-refractivity contribution in [2.75, 3.05) is 20.2 Å². The van der Waals surface area contributed by atoms with E-state index in [1.807, 2.05) is 4.90 Å². The van der Waals surface area contributed by atoms with Crippen molar-refractivity contribution in [3.63, 3.8) is 0 Å². The summed E-state index contributed by atoms with van der Waals surface area (Å²) in [6.07, 6.45) is 4.37. The highest BCUT2D eigenvalue weighted by Crippen LogP contribution is 2.28. The fraction of sp³-hybridized carbons (Fsp3) is 0.353. The molecule has 1 aliphatic rings. The summed E-state index contributed by atoms with van der Waals surface area (Å²) in [6, 6.07) is 7.10. The molecule has 0 saturated carbocycles. The molecule has 23 heavy (non-hydrogen) atoms. The van der Waals surface area contributed by atoms with Crippen LogP contribution in [0.15, 0.2) is 35.1 Å². The molecule has 1 saturated heterocycles. The Labute approximate surface area is 134 Å². The summed E-state index contributed by atoms with van der Waals surface area (Å²) in [5.41, 5.74) is 1.14. The van der Waals surface area contributed by atoms with Crippen molar-refractivity contribution in [2.45, 2.75) is 19.3 Å². The van der Waals surface area contributed by atoms with E-state index in [9.17, 15) is 9.59 Å². The number of oxazole rings is 1. The molecular formula is C17H18N2O4. The van der Waals surface area contributed by atoms with Gasteiger partial charge in [0.05, 0.1) is 12.7 Å². The van der Waals surface area contributed by atoms with E-state index in [-0.39, 0.29) is 17.4 Å². The summed E-state index contributed by atoms with van der Waals surface area (Å²) in [5, 5.41) is 0. The van der Waals surface area contributed by atoms with Gasteiger partial charge in [-0.3, -0.25) is 4.79 Å². The minimum Gasteiger partial charge on any atom is -0.464 e. The van der Waals surface area contributed by atoms with Crippen LogP contribution in [0.2, 0.25) is 0 Å². The normalized spacial score (nSPS) is 14.6. The molecule has 0 spiro atoms. The molecule has 0 N–H and O–H groups in total. The average Bonchev–Trinajstić information content (AvgIpc) is 3.10. The van der Waals surface area contributed by atoms with Crippen LogP contribution in [0, 0.1) is 0 Å². The Morgan fingerprint density at radius 1 is 1.17 bits per heavy atom. The van der Waals surface area contributed by atoms with E-state index >= 15 is 0 Å². The number of piperidine rings is 1. The number of methoxy groups -OCH3 is 1. The quantitative estimate of drug-likeness (QED) is 0.815. The molecule has 0 bridgehead atoms. The lowest BCUT2D eigenvalue weighted by molar-refractivity contribution is 0.0594. The highest BCUT2D eigenvalue weighted by molar-refractivity contribution is 6.03. The molecule has 0 unspecified atom stereocenters. The lowest BCUT2D eigenvalue weighted by Gasteiger charge is -2.27. The molecule has 1 amide bonds. The third kappa shape index (κ3) is 2.97. The zero-order chi connectivity index (χ0) is 16.2. The molecule has 1 aromatic heterocycles. The van der Waals surface area contributed by atoms with Crippen LogP contribution < -0.4 is 0 Å². The Kier molecular flexibility index (Phi) is 4.41. The molecule has 1 aliphatic heterocycles. The van der Waals surface area contributed by atoms with Crippen molar-refractivity contribution in [3.8, 4) is 11.3 Å². The topological polar surface area (TPSA) is 72.6 Å². The summed E-state index contributed by atoms with van der Waals surface area (Å²) in [4.78, 5) is 30.4. The van der Waals surface area contributed by atoms with Crippen molar-refractivity contribution in [2.24, 2.45) is 0 Å². The SMILES string of the molecule is COC(=O)c1ncoc1-c1ccccc1C(=O)N1CCCCC1. The van der Waals surface area contributed by atoms with Crippen LogP contribution in [0.25, 0.3) is 11.3 Å². The van der Waals surface area contributed by atoms with E-state index in [0.717, 1.165) is 32.4 Å². The first-order chi connectivity index (χ1) is 11.2. The van der Waals surface area contributed by atoms with Gasteiger partial charge in [0.15, 0.2) is 17.8 Å². The number of rotatable bonds is 3. The number of ether oxygens (including phenoxy) is 1. The van der Waals surface area contributed by atoms with Crippen molar-refractivity contribution in [1.29, 1.82) is 0 Å². The Morgan fingerprint density at radius 2 is 1.91 bits per heavy atom. The van der Waals surface area contributed by atoms with Crippen molar-refractivity contribution >= 4 is 11.9 Å². The smallest absolute Gasteiger partial charge is 0.360 e. The van der Waals surface area contributed by atoms with E-state index in [2.05, 4.69) is 4.98 Å². The number of hydrogen-bond acceptors (Lipinski definition) is 5. The zero-order valence-corrected chi connectivity index (χ0v) is 12.9. The molecule has 0 aliphatic carbocycles. The molecule has 3 rings (SSSR count). The summed E-state index contributed by atoms with van der Waals surface area (Å²) in [6.45, 7) is 1.51. The summed E-state index contributed by atoms with van der Waals surface area (Å²) in [7, 11) is 1.28. The second-order valence-corrected chi connectivity index (χ2v) is 5.42. The van der Waals surface area contributed by atoms with Gasteiger partial charge in [-0.2, -0.15) is 0 Å². The third-order valence-electron chi connectivity index (χ3n) is 3.99. The second kappa shape index (κ2) is 6.64. The molecule has 1 fully saturated rings. The van der Waals surface area contributed by atoms with Gasteiger partial charge in [-0.05, 0) is 25.3 Å². The van der Waals surface area contributed by atoms with Crippen molar-refractivity contribution < 1.29 is 18.7 Å². The molecule has 2 aromatic rings. The van der Waals surface area contributed by atoms with E-state index in [0.29, 0.717) is 11.1 Å². The number of likely N-dealkylation sites (tertiary alicyclic amines) is 1. The third-order valence-corrected chi connectivity index (χ3v) is 3.99. The lowest BCUT2D eigenvalue weighted by atomic mass is 10.0. The molecule has 120 valence electrons. The first-order valence-electron chi connectivity index (χ1n) is 7.63. The number of aromatic nitrogens is 1. The van der Waals surface area contributed by atoms with E-state index in [4.69, 9.17) is 9.15 Å². The Hall–Kier alpha value is -2.63. The maximum Gasteiger partial charge on any atom is 0.360 e. The minimum atomic E-state index is -0.589. The number of hydrogen-bond donors (Lipinski definition) is 0. The number of nitrogens with zero attached hydrogens (tertiary/aromatic N) is 2. The molecule has 2 heterocycles. The highest BCUT2D eigenvalue weighted by Gasteiger charge is 2.25. The highest BCUT2D eigenvalue weighted by atomic mass is 16.5. The van der Waals surface area contributed by atoms with Crippen LogP contribution in [0.4, 0.5) is 0 Å². The first kappa shape index (κ1) is 15.3. The van der Waals surface area contributed by atoms with Gasteiger partial charge in [-0.15, -0.1) is 0 Å². The Morgan fingerprint density at radius 3 is 2.65 bits per heavy atom. The van der Waals surface area contributed by atoms with E-state index in [1.54, 1.807) is 24.3 Å². The summed E-state index contributed by atoms with van der Waals surface area (Å²) in [5.74, 6) is -0.376. The number of esters is 1. The Bertz CT molecular complexity index is 717. The number of carbonyl (C=O) groups excluding carboxylic acids is 2. The number of carbonyl (C=O) groups is 2. The van der Waals surface area contributed by atoms with Gasteiger partial charge in [-0.1, -0.05) is 18.2 Å². The van der Waals surface area contributed by atoms with Gasteiger partial charge >= 0.3 is 5.97 Å². The van der Waals surface area contributed by atoms with Crippen LogP contribution in [0.5, 0.6) is 0 Å². The van der Waals surface area contributed by atoms with Crippen molar-refractivity contribution in [1.82, 2.24) is 9.88 Å². The minimum absolute atomic E-state index is 0.0486. The van der Waals surface area contributed by atoms with Crippen LogP contribution in [0.3, 0.4) is 0 Å². The maximum atomic E-state index is 12.8. The summed E-state index contributed by atoms with van der Waals surface area (Å²) < 4.78 is 10.1. The van der Waals surface area contributed by atoms with Gasteiger partial charge in [-0.25, -0.2) is 9.78 Å². The zero-order valence-electron chi connectivity index (χ0n) is 12.9. The molecule has 0 radical (unpaired) electrons. The number of benzene rings is 1. The van der Waals surface area contributed by atoms with Crippen molar-refractivity contribution in [3.05, 3.63) is 41.9 Å². The summed E-state index contributed by atoms with van der Waals surface area (Å²) >= 11 is 0. The fourth-order valence-electron chi connectivity index (χ4n) is 2.81. The predicted molar refractivity (Wildman–Crippen MR) is 83.0 cm³/mol. The molecule has 0 atom stereocenters. The standard InChI is InChI=1S/C17H18N2O4/c1-22-17(21)14-15(23-11-18-14)12-7-3-4-8-13(12)16(20)19-9-5-2-6-10-19/h3-4,7-8,11H,2,5-6,9-10H2,1H3. The van der Waals surface area contributed by atoms with Gasteiger partial charge < -0.3 is 14.1 Å². The second-order valence-electron chi connectivity index (χ2n) is 5.42. The molecule has 6 heteroatoms. The van der Waals surface area contributed by atoms with Crippen LogP contribution in [-0.2, 0) is 4.74 Å². The Balaban J connectivity index is 2.00. The van der Waals surface area contributed by atoms with Crippen LogP contribution in [0.1, 0.15) is 40.1 Å². The molecular weight excluding hydrogens is 296 g/mol. The average molecular weight is 314 g/mol. The van der Waals surface area contributed by atoms with E-state index in [1.165, 1.54) is 13.5 Å². The fourth-order valence-corrected chi connectivity index (χ4v) is 2.81. The van der Waals surface area contributed by atoms with Gasteiger partial charge in [0.2, 0.25) is 0 Å². The van der Waals surface area contributed by atoms with E-state index < -0.39 is 5.97 Å². The molecule has 6 nitrogen and oxygen atoms in total. The maximum absolute atomic E-state index is 12.8. The predicted octanol–water partition coefficient (Wildman–Crippen LogP) is 2.75. The van der Waals surface area contributed by atoms with Gasteiger partial charge in [0.25, 0.3) is 5.91 Å². The van der Waals surface area contributed by atoms with Crippen LogP contribution >= 0.6 is 0 Å². The monoisotopic (exact) mass is 314 g/mol. The molecule has 1 aromatic carbocycles. The van der Waals surface area contributed by atoms with Gasteiger partial charge in [0, 0.05) is 18.7 Å². The van der Waals surface area contributed by atoms with Crippen LogP contribution in [-0.4, -0.2) is 42.0 Å². The lowest BCUT2D eigenvalue weighted by Crippen LogP contribution is -2.35. The first-order valence-corrected chi connectivity index (χ1v) is 7.63.